The third kappa shape index (κ3) is 7.27. The molecular weight excluding hydrogens is 568 g/mol. The van der Waals surface area contributed by atoms with Crippen LogP contribution in [0.3, 0.4) is 0 Å². The van der Waals surface area contributed by atoms with E-state index >= 15 is 0 Å². The van der Waals surface area contributed by atoms with Crippen LogP contribution < -0.4 is 0 Å². The fourth-order valence-electron chi connectivity index (χ4n) is 7.70. The first-order valence-electron chi connectivity index (χ1n) is 17.2. The predicted octanol–water partition coefficient (Wildman–Crippen LogP) is 6.59. The van der Waals surface area contributed by atoms with Gasteiger partial charge in [-0.05, 0) is 89.2 Å². The van der Waals surface area contributed by atoms with Crippen molar-refractivity contribution in [1.82, 2.24) is 0 Å². The molecule has 0 unspecified atom stereocenters. The van der Waals surface area contributed by atoms with Gasteiger partial charge in [0, 0.05) is 48.5 Å². The molecule has 0 saturated carbocycles. The number of hydrogen-bond donors (Lipinski definition) is 0. The van der Waals surface area contributed by atoms with Crippen LogP contribution in [-0.2, 0) is 28.5 Å². The molecule has 0 radical (unpaired) electrons. The highest BCUT2D eigenvalue weighted by molar-refractivity contribution is 5.91. The van der Waals surface area contributed by atoms with E-state index in [2.05, 4.69) is 39.2 Å². The van der Waals surface area contributed by atoms with Gasteiger partial charge in [0.15, 0.2) is 0 Å². The highest BCUT2D eigenvalue weighted by Crippen LogP contribution is 2.51. The molecule has 0 aromatic rings. The summed E-state index contributed by atoms with van der Waals surface area (Å²) in [5.74, 6) is -0.482. The van der Waals surface area contributed by atoms with Crippen LogP contribution in [0.4, 0.5) is 0 Å². The number of esters is 2. The number of unbranched alkanes of at least 4 members (excludes halogenated alkanes) is 4. The van der Waals surface area contributed by atoms with Crippen LogP contribution in [0.25, 0.3) is 0 Å². The molecule has 244 valence electrons. The van der Waals surface area contributed by atoms with Gasteiger partial charge < -0.3 is 18.9 Å². The summed E-state index contributed by atoms with van der Waals surface area (Å²) in [6.07, 6.45) is 21.1. The SMILES string of the molecule is C=C1C(=O)O[C@H]2[C@H]1CC/C(C=NCCCCCCCN=C/C1=C/CC[C@@]3(C)O[C@H]3[C@H]3OC(=O)C(=C)[C@@H]3CC1)=C\CC[C@@]1(C)O[C@@H]21. The first kappa shape index (κ1) is 32.1. The van der Waals surface area contributed by atoms with Gasteiger partial charge in [0.25, 0.3) is 0 Å². The van der Waals surface area contributed by atoms with E-state index in [-0.39, 0.29) is 59.4 Å². The Morgan fingerprint density at radius 3 is 1.60 bits per heavy atom. The Labute approximate surface area is 268 Å². The number of aliphatic imine (C=N–C) groups is 2. The fourth-order valence-corrected chi connectivity index (χ4v) is 7.70. The first-order chi connectivity index (χ1) is 21.7. The highest BCUT2D eigenvalue weighted by Gasteiger charge is 2.62. The van der Waals surface area contributed by atoms with E-state index in [0.29, 0.717) is 11.1 Å². The molecule has 4 aliphatic heterocycles. The second-order valence-corrected chi connectivity index (χ2v) is 14.3. The van der Waals surface area contributed by atoms with Gasteiger partial charge in [0.2, 0.25) is 0 Å². The van der Waals surface area contributed by atoms with E-state index in [9.17, 15) is 9.59 Å². The lowest BCUT2D eigenvalue weighted by molar-refractivity contribution is -0.140. The molecule has 0 bridgehead atoms. The molecule has 0 aromatic heterocycles. The smallest absolute Gasteiger partial charge is 0.334 e. The third-order valence-electron chi connectivity index (χ3n) is 10.8. The second-order valence-electron chi connectivity index (χ2n) is 14.3. The van der Waals surface area contributed by atoms with E-state index in [4.69, 9.17) is 28.9 Å². The van der Waals surface area contributed by atoms with Crippen molar-refractivity contribution < 1.29 is 28.5 Å². The molecule has 0 N–H and O–H groups in total. The Bertz CT molecular complexity index is 1220. The zero-order chi connectivity index (χ0) is 31.6. The van der Waals surface area contributed by atoms with Crippen molar-refractivity contribution in [3.63, 3.8) is 0 Å². The average Bonchev–Trinajstić information content (AvgIpc) is 3.82. The zero-order valence-corrected chi connectivity index (χ0v) is 27.1. The number of ether oxygens (including phenoxy) is 4. The molecule has 0 spiro atoms. The number of hydrogen-bond acceptors (Lipinski definition) is 8. The molecule has 6 aliphatic rings. The number of carbonyl (C=O) groups excluding carboxylic acids is 2. The van der Waals surface area contributed by atoms with Crippen LogP contribution in [-0.4, -0.2) is 73.1 Å². The van der Waals surface area contributed by atoms with Crippen molar-refractivity contribution in [1.29, 1.82) is 0 Å². The third-order valence-corrected chi connectivity index (χ3v) is 10.8. The van der Waals surface area contributed by atoms with Gasteiger partial charge in [-0.15, -0.1) is 0 Å². The Balaban J connectivity index is 0.871. The Hall–Kier alpha value is -2.84. The first-order valence-corrected chi connectivity index (χ1v) is 17.2. The van der Waals surface area contributed by atoms with Crippen molar-refractivity contribution in [2.24, 2.45) is 21.8 Å². The number of fused-ring (bicyclic) bond motifs is 6. The summed E-state index contributed by atoms with van der Waals surface area (Å²) in [6, 6.07) is 0. The number of epoxide rings is 2. The minimum absolute atomic E-state index is 0.00470. The van der Waals surface area contributed by atoms with Crippen LogP contribution in [0, 0.1) is 11.8 Å². The quantitative estimate of drug-likeness (QED) is 0.0900. The van der Waals surface area contributed by atoms with Gasteiger partial charge in [-0.3, -0.25) is 9.98 Å². The van der Waals surface area contributed by atoms with Gasteiger partial charge >= 0.3 is 11.9 Å². The predicted molar refractivity (Wildman–Crippen MR) is 174 cm³/mol. The van der Waals surface area contributed by atoms with E-state index < -0.39 is 0 Å². The molecule has 4 fully saturated rings. The maximum Gasteiger partial charge on any atom is 0.334 e. The van der Waals surface area contributed by atoms with Crippen LogP contribution in [0.5, 0.6) is 0 Å². The lowest BCUT2D eigenvalue weighted by Gasteiger charge is -2.19. The van der Waals surface area contributed by atoms with E-state index in [1.807, 2.05) is 12.4 Å². The van der Waals surface area contributed by atoms with E-state index in [0.717, 1.165) is 77.3 Å². The zero-order valence-electron chi connectivity index (χ0n) is 27.1. The minimum atomic E-state index is -0.267. The van der Waals surface area contributed by atoms with E-state index in [1.165, 1.54) is 30.4 Å². The van der Waals surface area contributed by atoms with Gasteiger partial charge in [-0.25, -0.2) is 9.59 Å². The molecule has 8 heteroatoms. The van der Waals surface area contributed by atoms with Gasteiger partial charge in [-0.2, -0.15) is 0 Å². The molecule has 4 heterocycles. The molecule has 6 rings (SSSR count). The molecule has 8 atom stereocenters. The fraction of sp³-hybridized carbons (Fsp3) is 0.676. The number of rotatable bonds is 10. The minimum Gasteiger partial charge on any atom is -0.455 e. The molecular formula is C37H50N2O6. The van der Waals surface area contributed by atoms with Gasteiger partial charge in [-0.1, -0.05) is 44.6 Å². The Morgan fingerprint density at radius 1 is 0.733 bits per heavy atom. The molecule has 4 saturated heterocycles. The molecule has 8 nitrogen and oxygen atoms in total. The lowest BCUT2D eigenvalue weighted by atomic mass is 9.84. The molecule has 2 aliphatic carbocycles. The largest absolute Gasteiger partial charge is 0.455 e. The van der Waals surface area contributed by atoms with Crippen molar-refractivity contribution in [3.05, 3.63) is 47.6 Å². The average molecular weight is 619 g/mol. The van der Waals surface area contributed by atoms with E-state index in [1.54, 1.807) is 0 Å². The Kier molecular flexibility index (Phi) is 9.62. The maximum atomic E-state index is 12.2. The summed E-state index contributed by atoms with van der Waals surface area (Å²) in [4.78, 5) is 33.9. The standard InChI is InChI=1S/C37H50N2O6/c1-24-28-16-14-26(12-10-18-36(3)32(44-36)30(28)42-34(24)40)22-38-20-8-6-5-7-9-21-39-23-27-13-11-19-37(4)33(45-37)31-29(17-15-27)25(2)35(41)43-31/h12-13,22-23,28-33H,1-2,5-11,14-21H2,3-4H3/b26-12+,27-13+,38-22?,39-23?/t28-,29-,30-,31-,32-,33-,36+,37+/m0/s1. The topological polar surface area (TPSA) is 102 Å². The lowest BCUT2D eigenvalue weighted by Crippen LogP contribution is -2.28. The van der Waals surface area contributed by atoms with Crippen molar-refractivity contribution >= 4 is 24.4 Å². The molecule has 0 aromatic carbocycles. The number of allylic oxidation sites excluding steroid dienone is 4. The van der Waals surface area contributed by atoms with Crippen LogP contribution in [0.1, 0.15) is 97.3 Å². The summed E-state index contributed by atoms with van der Waals surface area (Å²) in [7, 11) is 0. The van der Waals surface area contributed by atoms with Crippen LogP contribution >= 0.6 is 0 Å². The summed E-state index contributed by atoms with van der Waals surface area (Å²) in [6.45, 7) is 13.9. The molecule has 0 amide bonds. The van der Waals surface area contributed by atoms with Gasteiger partial charge in [0.05, 0.1) is 11.2 Å². The number of nitrogens with zero attached hydrogens (tertiary/aromatic N) is 2. The molecule has 45 heavy (non-hydrogen) atoms. The summed E-state index contributed by atoms with van der Waals surface area (Å²) in [5.41, 5.74) is 3.24. The van der Waals surface area contributed by atoms with Crippen LogP contribution in [0.2, 0.25) is 0 Å². The van der Waals surface area contributed by atoms with Crippen molar-refractivity contribution in [3.8, 4) is 0 Å². The Morgan fingerprint density at radius 2 is 1.16 bits per heavy atom. The highest BCUT2D eigenvalue weighted by atomic mass is 16.7. The van der Waals surface area contributed by atoms with Gasteiger partial charge in [0.1, 0.15) is 24.4 Å². The monoisotopic (exact) mass is 618 g/mol. The summed E-state index contributed by atoms with van der Waals surface area (Å²) in [5, 5.41) is 0. The van der Waals surface area contributed by atoms with Crippen LogP contribution in [0.15, 0.2) is 57.6 Å². The second kappa shape index (κ2) is 13.5. The van der Waals surface area contributed by atoms with Crippen molar-refractivity contribution in [2.75, 3.05) is 13.1 Å². The number of carbonyl (C=O) groups is 2. The summed E-state index contributed by atoms with van der Waals surface area (Å²) < 4.78 is 23.3. The van der Waals surface area contributed by atoms with Crippen molar-refractivity contribution in [2.45, 2.75) is 133 Å². The maximum absolute atomic E-state index is 12.2. The normalized spacial score (nSPS) is 40.4. The summed E-state index contributed by atoms with van der Waals surface area (Å²) >= 11 is 0.